The first-order valence-electron chi connectivity index (χ1n) is 9.07. The van der Waals surface area contributed by atoms with E-state index in [2.05, 4.69) is 4.90 Å². The van der Waals surface area contributed by atoms with E-state index in [-0.39, 0.29) is 20.2 Å². The Balaban J connectivity index is 1.82. The number of benzene rings is 2. The highest BCUT2D eigenvalue weighted by molar-refractivity contribution is 5.89. The molecule has 3 aliphatic heterocycles. The second kappa shape index (κ2) is 6.65. The number of aliphatic hydroxyl groups excluding tert-OH is 1. The highest BCUT2D eigenvalue weighted by atomic mass is 16.7. The number of methoxy groups -OCH3 is 2. The van der Waals surface area contributed by atoms with E-state index in [1.165, 1.54) is 0 Å². The van der Waals surface area contributed by atoms with Gasteiger partial charge in [-0.1, -0.05) is 0 Å². The van der Waals surface area contributed by atoms with Gasteiger partial charge in [0, 0.05) is 30.8 Å². The van der Waals surface area contributed by atoms with Crippen molar-refractivity contribution in [2.75, 3.05) is 41.0 Å². The van der Waals surface area contributed by atoms with Crippen molar-refractivity contribution in [3.63, 3.8) is 0 Å². The first kappa shape index (κ1) is 17.3. The highest BCUT2D eigenvalue weighted by Gasteiger charge is 2.36. The van der Waals surface area contributed by atoms with E-state index < -0.39 is 0 Å². The molecule has 3 aliphatic rings. The minimum Gasteiger partial charge on any atom is -0.493 e. The zero-order valence-corrected chi connectivity index (χ0v) is 15.7. The number of rotatable bonds is 4. The molecule has 148 valence electrons. The molecule has 0 fully saturated rings. The van der Waals surface area contributed by atoms with Gasteiger partial charge in [-0.2, -0.15) is 0 Å². The van der Waals surface area contributed by atoms with Gasteiger partial charge in [-0.25, -0.2) is 0 Å². The molecule has 0 saturated carbocycles. The van der Waals surface area contributed by atoms with Crippen molar-refractivity contribution in [2.24, 2.45) is 0 Å². The lowest BCUT2D eigenvalue weighted by molar-refractivity contribution is 0.170. The zero-order chi connectivity index (χ0) is 19.3. The van der Waals surface area contributed by atoms with Crippen molar-refractivity contribution in [2.45, 2.75) is 13.1 Å². The Bertz CT molecular complexity index is 870. The van der Waals surface area contributed by atoms with Crippen LogP contribution in [0.5, 0.6) is 34.5 Å². The standard InChI is InChI=1S/C20H21NO7/c1-23-13-5-11-7-21(3-4-22)8-12-6-14(24-2)18-20(28-10-26-18)16(12)15(11)19-17(13)25-9-27-19/h5-6,22H,3-4,7-10H2,1-2H3. The Morgan fingerprint density at radius 2 is 1.29 bits per heavy atom. The Morgan fingerprint density at radius 1 is 0.821 bits per heavy atom. The summed E-state index contributed by atoms with van der Waals surface area (Å²) in [5.74, 6) is 3.72. The molecule has 1 N–H and O–H groups in total. The van der Waals surface area contributed by atoms with Crippen LogP contribution in [-0.2, 0) is 13.1 Å². The second-order valence-corrected chi connectivity index (χ2v) is 6.79. The molecule has 0 aliphatic carbocycles. The van der Waals surface area contributed by atoms with Crippen LogP contribution in [0.2, 0.25) is 0 Å². The zero-order valence-electron chi connectivity index (χ0n) is 15.7. The highest BCUT2D eigenvalue weighted by Crippen LogP contribution is 2.57. The molecule has 3 heterocycles. The maximum absolute atomic E-state index is 9.54. The fourth-order valence-corrected chi connectivity index (χ4v) is 4.12. The number of nitrogens with zero attached hydrogens (tertiary/aromatic N) is 1. The van der Waals surface area contributed by atoms with E-state index in [9.17, 15) is 5.11 Å². The molecule has 5 rings (SSSR count). The van der Waals surface area contributed by atoms with E-state index in [1.807, 2.05) is 12.1 Å². The average molecular weight is 387 g/mol. The number of β-amino-alcohol motifs (C(OH)–C–C–N with tert-alkyl or cyclic N) is 1. The molecule has 0 amide bonds. The van der Waals surface area contributed by atoms with Gasteiger partial charge in [0.1, 0.15) is 0 Å². The fourth-order valence-electron chi connectivity index (χ4n) is 4.12. The molecule has 2 aromatic rings. The summed E-state index contributed by atoms with van der Waals surface area (Å²) in [4.78, 5) is 2.16. The number of hydrogen-bond acceptors (Lipinski definition) is 8. The smallest absolute Gasteiger partial charge is 0.231 e. The summed E-state index contributed by atoms with van der Waals surface area (Å²) >= 11 is 0. The normalized spacial score (nSPS) is 16.4. The molecule has 0 spiro atoms. The van der Waals surface area contributed by atoms with Crippen LogP contribution in [0.4, 0.5) is 0 Å². The van der Waals surface area contributed by atoms with Gasteiger partial charge in [0.15, 0.2) is 23.0 Å². The van der Waals surface area contributed by atoms with Crippen LogP contribution in [0.1, 0.15) is 11.1 Å². The van der Waals surface area contributed by atoms with Crippen molar-refractivity contribution >= 4 is 0 Å². The molecule has 0 saturated heterocycles. The summed E-state index contributed by atoms with van der Waals surface area (Å²) in [5, 5.41) is 9.54. The number of hydrogen-bond donors (Lipinski definition) is 1. The van der Waals surface area contributed by atoms with Gasteiger partial charge in [-0.15, -0.1) is 0 Å². The Kier molecular flexibility index (Phi) is 4.10. The van der Waals surface area contributed by atoms with E-state index in [4.69, 9.17) is 28.4 Å². The van der Waals surface area contributed by atoms with Crippen molar-refractivity contribution in [3.8, 4) is 45.6 Å². The van der Waals surface area contributed by atoms with E-state index in [0.717, 1.165) is 22.3 Å². The number of fused-ring (bicyclic) bond motifs is 7. The van der Waals surface area contributed by atoms with E-state index in [0.29, 0.717) is 54.1 Å². The molecule has 0 radical (unpaired) electrons. The largest absolute Gasteiger partial charge is 0.493 e. The lowest BCUT2D eigenvalue weighted by Crippen LogP contribution is -2.25. The predicted molar refractivity (Wildman–Crippen MR) is 98.4 cm³/mol. The molecule has 0 aromatic heterocycles. The fraction of sp³-hybridized carbons (Fsp3) is 0.400. The van der Waals surface area contributed by atoms with E-state index >= 15 is 0 Å². The minimum atomic E-state index is 0.0635. The minimum absolute atomic E-state index is 0.0635. The lowest BCUT2D eigenvalue weighted by Gasteiger charge is -2.20. The first-order valence-corrected chi connectivity index (χ1v) is 9.07. The monoisotopic (exact) mass is 387 g/mol. The van der Waals surface area contributed by atoms with Crippen LogP contribution in [0.3, 0.4) is 0 Å². The Hall–Kier alpha value is -2.84. The van der Waals surface area contributed by atoms with Gasteiger partial charge >= 0.3 is 0 Å². The maximum Gasteiger partial charge on any atom is 0.231 e. The van der Waals surface area contributed by atoms with Crippen LogP contribution < -0.4 is 28.4 Å². The molecule has 8 nitrogen and oxygen atoms in total. The summed E-state index contributed by atoms with van der Waals surface area (Å²) in [5.41, 5.74) is 3.84. The number of aliphatic hydroxyl groups is 1. The molecule has 0 atom stereocenters. The Labute approximate surface area is 162 Å². The predicted octanol–water partition coefficient (Wildman–Crippen LogP) is 2.14. The van der Waals surface area contributed by atoms with Gasteiger partial charge in [0.05, 0.1) is 20.8 Å². The van der Waals surface area contributed by atoms with Crippen LogP contribution in [0.25, 0.3) is 11.1 Å². The molecule has 8 heteroatoms. The second-order valence-electron chi connectivity index (χ2n) is 6.79. The molecular weight excluding hydrogens is 366 g/mol. The van der Waals surface area contributed by atoms with Crippen LogP contribution in [0.15, 0.2) is 12.1 Å². The lowest BCUT2D eigenvalue weighted by atomic mass is 9.93. The molecule has 28 heavy (non-hydrogen) atoms. The van der Waals surface area contributed by atoms with Crippen LogP contribution in [-0.4, -0.2) is 51.0 Å². The van der Waals surface area contributed by atoms with Crippen LogP contribution >= 0.6 is 0 Å². The topological polar surface area (TPSA) is 78.9 Å². The first-order chi connectivity index (χ1) is 13.7. The molecule has 2 aromatic carbocycles. The molecular formula is C20H21NO7. The summed E-state index contributed by atoms with van der Waals surface area (Å²) in [6.45, 7) is 2.10. The van der Waals surface area contributed by atoms with Crippen molar-refractivity contribution in [3.05, 3.63) is 23.3 Å². The summed E-state index contributed by atoms with van der Waals surface area (Å²) < 4.78 is 34.2. The summed E-state index contributed by atoms with van der Waals surface area (Å²) in [6.07, 6.45) is 0. The van der Waals surface area contributed by atoms with Gasteiger partial charge < -0.3 is 33.5 Å². The van der Waals surface area contributed by atoms with Gasteiger partial charge in [-0.05, 0) is 23.3 Å². The average Bonchev–Trinajstić information content (AvgIpc) is 3.34. The third-order valence-electron chi connectivity index (χ3n) is 5.27. The summed E-state index contributed by atoms with van der Waals surface area (Å²) in [6, 6.07) is 3.93. The third-order valence-corrected chi connectivity index (χ3v) is 5.27. The third kappa shape index (κ3) is 2.45. The maximum atomic E-state index is 9.54. The van der Waals surface area contributed by atoms with Gasteiger partial charge in [-0.3, -0.25) is 4.90 Å². The molecule has 0 unspecified atom stereocenters. The van der Waals surface area contributed by atoms with Crippen molar-refractivity contribution in [1.82, 2.24) is 4.90 Å². The Morgan fingerprint density at radius 3 is 1.71 bits per heavy atom. The molecule has 0 bridgehead atoms. The van der Waals surface area contributed by atoms with Crippen molar-refractivity contribution in [1.29, 1.82) is 0 Å². The van der Waals surface area contributed by atoms with E-state index in [1.54, 1.807) is 14.2 Å². The van der Waals surface area contributed by atoms with Gasteiger partial charge in [0.25, 0.3) is 0 Å². The number of ether oxygens (including phenoxy) is 6. The quantitative estimate of drug-likeness (QED) is 0.855. The van der Waals surface area contributed by atoms with Crippen molar-refractivity contribution < 1.29 is 33.5 Å². The SMILES string of the molecule is COc1cc2c(c3c1OCO3)-c1c(cc(OC)c3c1OCO3)CN(CCO)C2. The summed E-state index contributed by atoms with van der Waals surface area (Å²) in [7, 11) is 3.22. The van der Waals surface area contributed by atoms with Gasteiger partial charge in [0.2, 0.25) is 25.1 Å². The van der Waals surface area contributed by atoms with Crippen LogP contribution in [0, 0.1) is 0 Å².